The van der Waals surface area contributed by atoms with E-state index < -0.39 is 0 Å². The molecule has 0 spiro atoms. The Morgan fingerprint density at radius 2 is 2.25 bits per heavy atom. The van der Waals surface area contributed by atoms with Gasteiger partial charge >= 0.3 is 0 Å². The van der Waals surface area contributed by atoms with Crippen LogP contribution in [0.3, 0.4) is 0 Å². The number of nitrogens with two attached hydrogens (primary N) is 1. The summed E-state index contributed by atoms with van der Waals surface area (Å²) in [6.45, 7) is 2.84. The summed E-state index contributed by atoms with van der Waals surface area (Å²) >= 11 is 0. The summed E-state index contributed by atoms with van der Waals surface area (Å²) in [7, 11) is 0. The number of hydrogen-bond acceptors (Lipinski definition) is 2. The highest BCUT2D eigenvalue weighted by Gasteiger charge is 1.96. The van der Waals surface area contributed by atoms with Crippen molar-refractivity contribution in [2.45, 2.75) is 26.2 Å². The molecule has 2 nitrogen and oxygen atoms in total. The van der Waals surface area contributed by atoms with Crippen LogP contribution in [0.25, 0.3) is 0 Å². The number of pyridine rings is 1. The van der Waals surface area contributed by atoms with Crippen molar-refractivity contribution >= 4 is 0 Å². The van der Waals surface area contributed by atoms with E-state index in [1.54, 1.807) is 0 Å². The highest BCUT2D eigenvalue weighted by Crippen LogP contribution is 2.07. The maximum Gasteiger partial charge on any atom is 0.0404 e. The van der Waals surface area contributed by atoms with Crippen molar-refractivity contribution in [3.05, 3.63) is 29.6 Å². The van der Waals surface area contributed by atoms with E-state index in [1.807, 2.05) is 12.3 Å². The molecule has 0 amide bonds. The molecule has 66 valence electrons. The first-order chi connectivity index (χ1) is 5.84. The number of aryl methyl sites for hydroxylation is 2. The molecule has 0 aliphatic rings. The minimum absolute atomic E-state index is 0.791. The van der Waals surface area contributed by atoms with Gasteiger partial charge in [0.1, 0.15) is 0 Å². The Bertz CT molecular complexity index is 233. The van der Waals surface area contributed by atoms with E-state index in [0.29, 0.717) is 0 Å². The van der Waals surface area contributed by atoms with Gasteiger partial charge in [0, 0.05) is 11.9 Å². The van der Waals surface area contributed by atoms with Crippen LogP contribution in [-0.4, -0.2) is 11.5 Å². The fourth-order valence-electron chi connectivity index (χ4n) is 1.24. The lowest BCUT2D eigenvalue weighted by Gasteiger charge is -2.02. The topological polar surface area (TPSA) is 38.9 Å². The van der Waals surface area contributed by atoms with Crippen molar-refractivity contribution in [3.8, 4) is 0 Å². The zero-order valence-electron chi connectivity index (χ0n) is 7.59. The molecule has 0 aromatic carbocycles. The summed E-state index contributed by atoms with van der Waals surface area (Å²) in [5.74, 6) is 0. The van der Waals surface area contributed by atoms with Crippen LogP contribution in [0.4, 0.5) is 0 Å². The molecule has 0 aliphatic carbocycles. The molecule has 1 heterocycles. The Morgan fingerprint density at radius 1 is 1.42 bits per heavy atom. The molecule has 2 N–H and O–H groups in total. The number of rotatable bonds is 4. The molecule has 0 aliphatic heterocycles. The quantitative estimate of drug-likeness (QED) is 0.687. The van der Waals surface area contributed by atoms with Crippen molar-refractivity contribution in [1.29, 1.82) is 0 Å². The summed E-state index contributed by atoms with van der Waals surface area (Å²) < 4.78 is 0. The normalized spacial score (nSPS) is 10.2. The largest absolute Gasteiger partial charge is 0.330 e. The van der Waals surface area contributed by atoms with Gasteiger partial charge in [-0.1, -0.05) is 6.07 Å². The Labute approximate surface area is 73.8 Å². The molecular weight excluding hydrogens is 148 g/mol. The fourth-order valence-corrected chi connectivity index (χ4v) is 1.24. The summed E-state index contributed by atoms with van der Waals surface area (Å²) in [5.41, 5.74) is 7.92. The molecule has 1 aromatic rings. The summed E-state index contributed by atoms with van der Waals surface area (Å²) in [6.07, 6.45) is 5.22. The van der Waals surface area contributed by atoms with Gasteiger partial charge < -0.3 is 5.73 Å². The van der Waals surface area contributed by atoms with Crippen LogP contribution in [-0.2, 0) is 6.42 Å². The SMILES string of the molecule is Cc1ncccc1CCCCN. The minimum atomic E-state index is 0.791. The van der Waals surface area contributed by atoms with E-state index in [9.17, 15) is 0 Å². The van der Waals surface area contributed by atoms with Crippen LogP contribution in [0.2, 0.25) is 0 Å². The summed E-state index contributed by atoms with van der Waals surface area (Å²) in [5, 5.41) is 0. The van der Waals surface area contributed by atoms with Gasteiger partial charge in [-0.15, -0.1) is 0 Å². The van der Waals surface area contributed by atoms with E-state index >= 15 is 0 Å². The van der Waals surface area contributed by atoms with Crippen molar-refractivity contribution in [2.75, 3.05) is 6.54 Å². The second kappa shape index (κ2) is 4.88. The Kier molecular flexibility index (Phi) is 3.74. The summed E-state index contributed by atoms with van der Waals surface area (Å²) in [4.78, 5) is 4.23. The smallest absolute Gasteiger partial charge is 0.0404 e. The summed E-state index contributed by atoms with van der Waals surface area (Å²) in [6, 6.07) is 4.13. The molecule has 1 rings (SSSR count). The van der Waals surface area contributed by atoms with Crippen molar-refractivity contribution in [2.24, 2.45) is 5.73 Å². The van der Waals surface area contributed by atoms with Gasteiger partial charge in [-0.3, -0.25) is 4.98 Å². The van der Waals surface area contributed by atoms with E-state index in [1.165, 1.54) is 12.0 Å². The minimum Gasteiger partial charge on any atom is -0.330 e. The molecule has 0 unspecified atom stereocenters. The van der Waals surface area contributed by atoms with Crippen LogP contribution in [0, 0.1) is 6.92 Å². The maximum atomic E-state index is 5.42. The van der Waals surface area contributed by atoms with Crippen LogP contribution < -0.4 is 5.73 Å². The third kappa shape index (κ3) is 2.62. The van der Waals surface area contributed by atoms with Crippen LogP contribution in [0.1, 0.15) is 24.1 Å². The Hall–Kier alpha value is -0.890. The first kappa shape index (κ1) is 9.20. The number of hydrogen-bond donors (Lipinski definition) is 1. The van der Waals surface area contributed by atoms with E-state index in [4.69, 9.17) is 5.73 Å². The van der Waals surface area contributed by atoms with E-state index in [2.05, 4.69) is 18.0 Å². The van der Waals surface area contributed by atoms with Gasteiger partial charge in [-0.25, -0.2) is 0 Å². The molecule has 0 fully saturated rings. The second-order valence-corrected chi connectivity index (χ2v) is 2.99. The third-order valence-corrected chi connectivity index (χ3v) is 2.02. The predicted octanol–water partition coefficient (Wildman–Crippen LogP) is 1.67. The average molecular weight is 164 g/mol. The second-order valence-electron chi connectivity index (χ2n) is 2.99. The number of aromatic nitrogens is 1. The number of nitrogens with zero attached hydrogens (tertiary/aromatic N) is 1. The van der Waals surface area contributed by atoms with Gasteiger partial charge in [-0.2, -0.15) is 0 Å². The van der Waals surface area contributed by atoms with E-state index in [-0.39, 0.29) is 0 Å². The molecule has 0 saturated heterocycles. The van der Waals surface area contributed by atoms with Crippen LogP contribution in [0.5, 0.6) is 0 Å². The standard InChI is InChI=1S/C10H16N2/c1-9-10(5-2-3-7-11)6-4-8-12-9/h4,6,8H,2-3,5,7,11H2,1H3. The van der Waals surface area contributed by atoms with Gasteiger partial charge in [0.15, 0.2) is 0 Å². The third-order valence-electron chi connectivity index (χ3n) is 2.02. The number of unbranched alkanes of at least 4 members (excludes halogenated alkanes) is 1. The average Bonchev–Trinajstić information content (AvgIpc) is 2.09. The first-order valence-electron chi connectivity index (χ1n) is 4.45. The first-order valence-corrected chi connectivity index (χ1v) is 4.45. The van der Waals surface area contributed by atoms with Gasteiger partial charge in [-0.05, 0) is 44.4 Å². The molecule has 2 heteroatoms. The van der Waals surface area contributed by atoms with Crippen molar-refractivity contribution in [1.82, 2.24) is 4.98 Å². The monoisotopic (exact) mass is 164 g/mol. The van der Waals surface area contributed by atoms with Crippen molar-refractivity contribution < 1.29 is 0 Å². The molecule has 0 atom stereocenters. The van der Waals surface area contributed by atoms with E-state index in [0.717, 1.165) is 25.1 Å². The highest BCUT2D eigenvalue weighted by molar-refractivity contribution is 5.18. The molecule has 0 radical (unpaired) electrons. The van der Waals surface area contributed by atoms with Gasteiger partial charge in [0.05, 0.1) is 0 Å². The highest BCUT2D eigenvalue weighted by atomic mass is 14.7. The molecular formula is C10H16N2. The maximum absolute atomic E-state index is 5.42. The zero-order valence-corrected chi connectivity index (χ0v) is 7.59. The van der Waals surface area contributed by atoms with Crippen LogP contribution >= 0.6 is 0 Å². The molecule has 0 saturated carbocycles. The zero-order chi connectivity index (χ0) is 8.81. The fraction of sp³-hybridized carbons (Fsp3) is 0.500. The molecule has 0 bridgehead atoms. The van der Waals surface area contributed by atoms with Gasteiger partial charge in [0.2, 0.25) is 0 Å². The Balaban J connectivity index is 2.46. The predicted molar refractivity (Wildman–Crippen MR) is 51.0 cm³/mol. The lowest BCUT2D eigenvalue weighted by atomic mass is 10.1. The Morgan fingerprint density at radius 3 is 2.92 bits per heavy atom. The molecule has 12 heavy (non-hydrogen) atoms. The molecule has 1 aromatic heterocycles. The lowest BCUT2D eigenvalue weighted by Crippen LogP contribution is -2.00. The van der Waals surface area contributed by atoms with Crippen molar-refractivity contribution in [3.63, 3.8) is 0 Å². The van der Waals surface area contributed by atoms with Gasteiger partial charge in [0.25, 0.3) is 0 Å². The van der Waals surface area contributed by atoms with Crippen LogP contribution in [0.15, 0.2) is 18.3 Å². The lowest BCUT2D eigenvalue weighted by molar-refractivity contribution is 0.739.